The lowest BCUT2D eigenvalue weighted by Crippen LogP contribution is -2.41. The van der Waals surface area contributed by atoms with Crippen molar-refractivity contribution in [1.82, 2.24) is 0 Å². The van der Waals surface area contributed by atoms with Gasteiger partial charge in [-0.3, -0.25) is 0 Å². The summed E-state index contributed by atoms with van der Waals surface area (Å²) in [7, 11) is -0.723. The Balaban J connectivity index is 1.82. The average Bonchev–Trinajstić information content (AvgIpc) is 2.88. The van der Waals surface area contributed by atoms with Crippen molar-refractivity contribution in [1.29, 1.82) is 0 Å². The van der Waals surface area contributed by atoms with Gasteiger partial charge >= 0.3 is 7.12 Å². The molecule has 0 amide bonds. The summed E-state index contributed by atoms with van der Waals surface area (Å²) in [6.45, 7) is 7.92. The maximum Gasteiger partial charge on any atom is 0.497 e. The highest BCUT2D eigenvalue weighted by Gasteiger charge is 2.52. The molecule has 1 aliphatic rings. The summed E-state index contributed by atoms with van der Waals surface area (Å²) < 4.78 is 27.5. The molecule has 28 heavy (non-hydrogen) atoms. The van der Waals surface area contributed by atoms with Crippen molar-refractivity contribution in [3.8, 4) is 0 Å². The third-order valence-corrected chi connectivity index (χ3v) is 6.37. The molecule has 5 rings (SSSR count). The summed E-state index contributed by atoms with van der Waals surface area (Å²) in [5.74, 6) is -0.300. The van der Waals surface area contributed by atoms with E-state index in [1.54, 1.807) is 6.07 Å². The summed E-state index contributed by atoms with van der Waals surface area (Å²) in [6.07, 6.45) is 0. The van der Waals surface area contributed by atoms with Gasteiger partial charge in [-0.15, -0.1) is 0 Å². The monoisotopic (exact) mass is 372 g/mol. The maximum atomic E-state index is 15.2. The van der Waals surface area contributed by atoms with Gasteiger partial charge in [-0.25, -0.2) is 4.39 Å². The summed E-state index contributed by atoms with van der Waals surface area (Å²) >= 11 is 0. The SMILES string of the molecule is CC1(C)OB(c2cc3c4ccccc4c4ccccc4c3cc2F)OC1(C)C. The molecule has 1 aliphatic heterocycles. The van der Waals surface area contributed by atoms with Crippen LogP contribution in [-0.4, -0.2) is 18.3 Å². The number of rotatable bonds is 1. The first-order chi connectivity index (χ1) is 13.3. The second kappa shape index (κ2) is 5.79. The van der Waals surface area contributed by atoms with E-state index in [4.69, 9.17) is 9.31 Å². The molecule has 1 fully saturated rings. The second-order valence-corrected chi connectivity index (χ2v) is 8.60. The average molecular weight is 372 g/mol. The standard InChI is InChI=1S/C24H22BFO2/c1-23(2)24(3,4)28-25(27-23)21-13-19-17-11-7-5-9-15(17)16-10-6-8-12-18(16)20(19)14-22(21)26/h5-14H,1-4H3. The van der Waals surface area contributed by atoms with E-state index in [2.05, 4.69) is 24.3 Å². The lowest BCUT2D eigenvalue weighted by molar-refractivity contribution is 0.00578. The van der Waals surface area contributed by atoms with Crippen molar-refractivity contribution in [2.75, 3.05) is 0 Å². The van der Waals surface area contributed by atoms with Crippen LogP contribution in [0.1, 0.15) is 27.7 Å². The molecule has 0 N–H and O–H groups in total. The van der Waals surface area contributed by atoms with Crippen LogP contribution in [-0.2, 0) is 9.31 Å². The van der Waals surface area contributed by atoms with E-state index in [-0.39, 0.29) is 5.82 Å². The van der Waals surface area contributed by atoms with Crippen molar-refractivity contribution in [2.24, 2.45) is 0 Å². The summed E-state index contributed by atoms with van der Waals surface area (Å²) in [5.41, 5.74) is -0.568. The van der Waals surface area contributed by atoms with Gasteiger partial charge in [0.05, 0.1) is 11.2 Å². The topological polar surface area (TPSA) is 18.5 Å². The highest BCUT2D eigenvalue weighted by molar-refractivity contribution is 6.62. The molecule has 0 radical (unpaired) electrons. The van der Waals surface area contributed by atoms with Crippen LogP contribution in [0.4, 0.5) is 4.39 Å². The maximum absolute atomic E-state index is 15.2. The van der Waals surface area contributed by atoms with Crippen LogP contribution in [0, 0.1) is 5.82 Å². The third-order valence-electron chi connectivity index (χ3n) is 6.37. The van der Waals surface area contributed by atoms with Crippen LogP contribution in [0.25, 0.3) is 32.3 Å². The van der Waals surface area contributed by atoms with Gasteiger partial charge in [-0.2, -0.15) is 0 Å². The van der Waals surface area contributed by atoms with Gasteiger partial charge in [0.15, 0.2) is 0 Å². The Labute approximate surface area is 164 Å². The highest BCUT2D eigenvalue weighted by Crippen LogP contribution is 2.38. The number of halogens is 1. The van der Waals surface area contributed by atoms with Crippen molar-refractivity contribution in [2.45, 2.75) is 38.9 Å². The molecular formula is C24H22BFO2. The first-order valence-electron chi connectivity index (χ1n) is 9.67. The van der Waals surface area contributed by atoms with Crippen LogP contribution < -0.4 is 5.46 Å². The molecule has 1 saturated heterocycles. The molecule has 4 aromatic carbocycles. The molecule has 0 unspecified atom stereocenters. The van der Waals surface area contributed by atoms with E-state index in [0.717, 1.165) is 32.3 Å². The molecule has 1 heterocycles. The predicted molar refractivity (Wildman–Crippen MR) is 115 cm³/mol. The van der Waals surface area contributed by atoms with Gasteiger partial charge in [0.1, 0.15) is 5.82 Å². The van der Waals surface area contributed by atoms with Crippen LogP contribution in [0.2, 0.25) is 0 Å². The van der Waals surface area contributed by atoms with Crippen LogP contribution in [0.5, 0.6) is 0 Å². The third kappa shape index (κ3) is 2.41. The largest absolute Gasteiger partial charge is 0.497 e. The Morgan fingerprint density at radius 2 is 1.04 bits per heavy atom. The molecule has 0 aliphatic carbocycles. The first kappa shape index (κ1) is 17.7. The highest BCUT2D eigenvalue weighted by atomic mass is 19.1. The minimum atomic E-state index is -0.723. The van der Waals surface area contributed by atoms with Crippen LogP contribution in [0.3, 0.4) is 0 Å². The smallest absolute Gasteiger partial charge is 0.399 e. The minimum absolute atomic E-state index is 0.300. The van der Waals surface area contributed by atoms with E-state index < -0.39 is 18.3 Å². The molecular weight excluding hydrogens is 350 g/mol. The minimum Gasteiger partial charge on any atom is -0.399 e. The summed E-state index contributed by atoms with van der Waals surface area (Å²) in [6, 6.07) is 20.0. The molecule has 2 nitrogen and oxygen atoms in total. The molecule has 0 saturated carbocycles. The van der Waals surface area contributed by atoms with Crippen molar-refractivity contribution < 1.29 is 13.7 Å². The van der Waals surface area contributed by atoms with Gasteiger partial charge in [0.25, 0.3) is 0 Å². The number of fused-ring (bicyclic) bond motifs is 6. The zero-order valence-corrected chi connectivity index (χ0v) is 16.5. The van der Waals surface area contributed by atoms with Crippen LogP contribution in [0.15, 0.2) is 60.7 Å². The fourth-order valence-corrected chi connectivity index (χ4v) is 4.09. The Morgan fingerprint density at radius 1 is 0.643 bits per heavy atom. The molecule has 4 heteroatoms. The van der Waals surface area contributed by atoms with E-state index in [0.29, 0.717) is 5.46 Å². The van der Waals surface area contributed by atoms with Gasteiger partial charge in [0, 0.05) is 5.46 Å². The number of hydrogen-bond donors (Lipinski definition) is 0. The van der Waals surface area contributed by atoms with Gasteiger partial charge < -0.3 is 9.31 Å². The molecule has 4 aromatic rings. The molecule has 0 bridgehead atoms. The van der Waals surface area contributed by atoms with Crippen LogP contribution >= 0.6 is 0 Å². The Kier molecular flexibility index (Phi) is 3.65. The van der Waals surface area contributed by atoms with Gasteiger partial charge in [-0.05, 0) is 66.1 Å². The van der Waals surface area contributed by atoms with E-state index in [1.165, 1.54) is 0 Å². The lowest BCUT2D eigenvalue weighted by atomic mass is 9.77. The Bertz CT molecular complexity index is 1230. The van der Waals surface area contributed by atoms with Crippen molar-refractivity contribution >= 4 is 44.9 Å². The van der Waals surface area contributed by atoms with E-state index in [1.807, 2.05) is 58.0 Å². The zero-order chi connectivity index (χ0) is 19.7. The number of benzene rings is 4. The molecule has 140 valence electrons. The molecule has 0 aromatic heterocycles. The molecule has 0 atom stereocenters. The normalized spacial score (nSPS) is 18.4. The van der Waals surface area contributed by atoms with Gasteiger partial charge in [0.2, 0.25) is 0 Å². The second-order valence-electron chi connectivity index (χ2n) is 8.60. The quantitative estimate of drug-likeness (QED) is 0.321. The van der Waals surface area contributed by atoms with E-state index >= 15 is 4.39 Å². The number of hydrogen-bond acceptors (Lipinski definition) is 2. The Hall–Kier alpha value is -2.43. The summed E-state index contributed by atoms with van der Waals surface area (Å²) in [4.78, 5) is 0. The molecule has 0 spiro atoms. The lowest BCUT2D eigenvalue weighted by Gasteiger charge is -2.32. The van der Waals surface area contributed by atoms with Crippen molar-refractivity contribution in [3.05, 3.63) is 66.5 Å². The Morgan fingerprint density at radius 3 is 1.50 bits per heavy atom. The van der Waals surface area contributed by atoms with Gasteiger partial charge in [-0.1, -0.05) is 54.6 Å². The first-order valence-corrected chi connectivity index (χ1v) is 9.67. The summed E-state index contributed by atoms with van der Waals surface area (Å²) in [5, 5.41) is 6.38. The van der Waals surface area contributed by atoms with Crippen molar-refractivity contribution in [3.63, 3.8) is 0 Å². The van der Waals surface area contributed by atoms with E-state index in [9.17, 15) is 0 Å². The zero-order valence-electron chi connectivity index (χ0n) is 16.5. The predicted octanol–water partition coefficient (Wildman–Crippen LogP) is 5.58. The fourth-order valence-electron chi connectivity index (χ4n) is 4.09. The fraction of sp³-hybridized carbons (Fsp3) is 0.250.